The minimum Gasteiger partial charge on any atom is -0.489 e. The highest BCUT2D eigenvalue weighted by Gasteiger charge is 2.22. The van der Waals surface area contributed by atoms with Crippen molar-refractivity contribution in [3.8, 4) is 11.6 Å². The normalized spacial score (nSPS) is 13.5. The molecule has 2 aromatic heterocycles. The Bertz CT molecular complexity index is 1080. The Morgan fingerprint density at radius 1 is 0.973 bits per heavy atom. The summed E-state index contributed by atoms with van der Waals surface area (Å²) in [5.41, 5.74) is 3.32. The van der Waals surface area contributed by atoms with E-state index in [1.54, 1.807) is 31.3 Å². The van der Waals surface area contributed by atoms with Crippen LogP contribution in [0.3, 0.4) is 0 Å². The molecule has 4 rings (SSSR count). The third kappa shape index (κ3) is 7.74. The summed E-state index contributed by atoms with van der Waals surface area (Å²) < 4.78 is 11.3. The maximum absolute atomic E-state index is 5.78. The largest absolute Gasteiger partial charge is 0.489 e. The van der Waals surface area contributed by atoms with E-state index >= 15 is 0 Å². The second-order valence-corrected chi connectivity index (χ2v) is 10.4. The number of rotatable bonds is 14. The van der Waals surface area contributed by atoms with Gasteiger partial charge in [0.1, 0.15) is 0 Å². The van der Waals surface area contributed by atoms with E-state index in [1.807, 2.05) is 12.1 Å². The van der Waals surface area contributed by atoms with Crippen molar-refractivity contribution in [2.45, 2.75) is 45.7 Å². The van der Waals surface area contributed by atoms with Crippen molar-refractivity contribution in [2.75, 3.05) is 48.6 Å². The van der Waals surface area contributed by atoms with Crippen LogP contribution in [0.4, 0.5) is 11.6 Å². The van der Waals surface area contributed by atoms with Crippen LogP contribution in [0, 0.1) is 5.92 Å². The molecule has 0 saturated heterocycles. The molecular formula is C29H39N5O2S. The zero-order valence-corrected chi connectivity index (χ0v) is 23.1. The second-order valence-electron chi connectivity index (χ2n) is 9.41. The molecule has 1 aromatic carbocycles. The summed E-state index contributed by atoms with van der Waals surface area (Å²) >= 11 is 1.75. The van der Waals surface area contributed by atoms with Crippen LogP contribution in [0.15, 0.2) is 54.9 Å². The minimum absolute atomic E-state index is 0.565. The summed E-state index contributed by atoms with van der Waals surface area (Å²) in [5, 5.41) is 0. The first-order valence-electron chi connectivity index (χ1n) is 13.2. The smallest absolute Gasteiger partial charge is 0.226 e. The third-order valence-electron chi connectivity index (χ3n) is 6.82. The highest BCUT2D eigenvalue weighted by molar-refractivity contribution is 7.98. The molecule has 0 amide bonds. The summed E-state index contributed by atoms with van der Waals surface area (Å²) in [4.78, 5) is 18.9. The Labute approximate surface area is 225 Å². The first kappa shape index (κ1) is 27.0. The summed E-state index contributed by atoms with van der Waals surface area (Å²) in [7, 11) is 1.67. The van der Waals surface area contributed by atoms with Gasteiger partial charge in [-0.25, -0.2) is 15.0 Å². The van der Waals surface area contributed by atoms with E-state index < -0.39 is 0 Å². The van der Waals surface area contributed by atoms with Crippen LogP contribution < -0.4 is 19.3 Å². The van der Waals surface area contributed by atoms with Crippen molar-refractivity contribution in [1.82, 2.24) is 15.0 Å². The topological polar surface area (TPSA) is 63.6 Å². The van der Waals surface area contributed by atoms with Crippen LogP contribution in [0.5, 0.6) is 11.6 Å². The lowest BCUT2D eigenvalue weighted by Crippen LogP contribution is -2.31. The average Bonchev–Trinajstić information content (AvgIpc) is 3.46. The average molecular weight is 522 g/mol. The maximum Gasteiger partial charge on any atom is 0.226 e. The van der Waals surface area contributed by atoms with Crippen LogP contribution in [-0.4, -0.2) is 53.8 Å². The van der Waals surface area contributed by atoms with Crippen molar-refractivity contribution in [3.05, 3.63) is 66.1 Å². The highest BCUT2D eigenvalue weighted by atomic mass is 32.2. The van der Waals surface area contributed by atoms with Gasteiger partial charge in [0, 0.05) is 31.5 Å². The summed E-state index contributed by atoms with van der Waals surface area (Å²) in [6.07, 6.45) is 10.9. The van der Waals surface area contributed by atoms with Crippen LogP contribution in [0.2, 0.25) is 0 Å². The number of hydrogen-bond donors (Lipinski definition) is 0. The molecule has 0 radical (unpaired) electrons. The van der Waals surface area contributed by atoms with Gasteiger partial charge in [0.25, 0.3) is 0 Å². The summed E-state index contributed by atoms with van der Waals surface area (Å²) in [6.45, 7) is 6.10. The van der Waals surface area contributed by atoms with E-state index in [4.69, 9.17) is 14.5 Å². The predicted octanol–water partition coefficient (Wildman–Crippen LogP) is 5.85. The van der Waals surface area contributed by atoms with Crippen LogP contribution in [-0.2, 0) is 13.1 Å². The Kier molecular flexibility index (Phi) is 10.3. The molecule has 198 valence electrons. The zero-order valence-electron chi connectivity index (χ0n) is 22.3. The van der Waals surface area contributed by atoms with Gasteiger partial charge in [-0.05, 0) is 43.6 Å². The number of aromatic nitrogens is 3. The van der Waals surface area contributed by atoms with Crippen LogP contribution in [0.1, 0.15) is 43.9 Å². The predicted molar refractivity (Wildman–Crippen MR) is 153 cm³/mol. The lowest BCUT2D eigenvalue weighted by atomic mass is 10.1. The lowest BCUT2D eigenvalue weighted by molar-refractivity contribution is 0.341. The Morgan fingerprint density at radius 2 is 1.73 bits per heavy atom. The van der Waals surface area contributed by atoms with E-state index in [-0.39, 0.29) is 0 Å². The number of nitrogens with zero attached hydrogens (tertiary/aromatic N) is 5. The molecule has 2 heterocycles. The molecule has 0 atom stereocenters. The SMILES string of the molecule is CCN(CC1CCCC1)c1ccc(OC)nc1CN(Cc1ccccc1)c1ncc(OCCSC)cn1. The van der Waals surface area contributed by atoms with Gasteiger partial charge in [-0.15, -0.1) is 0 Å². The van der Waals surface area contributed by atoms with Gasteiger partial charge in [-0.2, -0.15) is 11.8 Å². The van der Waals surface area contributed by atoms with Gasteiger partial charge >= 0.3 is 0 Å². The Hall–Kier alpha value is -3.00. The van der Waals surface area contributed by atoms with Gasteiger partial charge in [0.2, 0.25) is 11.8 Å². The molecule has 8 heteroatoms. The summed E-state index contributed by atoms with van der Waals surface area (Å²) in [6, 6.07) is 14.5. The van der Waals surface area contributed by atoms with Gasteiger partial charge < -0.3 is 19.3 Å². The lowest BCUT2D eigenvalue weighted by Gasteiger charge is -2.30. The molecule has 0 unspecified atom stereocenters. The molecule has 1 aliphatic carbocycles. The highest BCUT2D eigenvalue weighted by Crippen LogP contribution is 2.30. The van der Waals surface area contributed by atoms with E-state index in [9.17, 15) is 0 Å². The molecular weight excluding hydrogens is 482 g/mol. The van der Waals surface area contributed by atoms with Gasteiger partial charge in [0.15, 0.2) is 5.75 Å². The first-order chi connectivity index (χ1) is 18.2. The van der Waals surface area contributed by atoms with E-state index in [0.717, 1.165) is 36.1 Å². The van der Waals surface area contributed by atoms with Crippen LogP contribution >= 0.6 is 11.8 Å². The third-order valence-corrected chi connectivity index (χ3v) is 7.39. The van der Waals surface area contributed by atoms with Crippen molar-refractivity contribution < 1.29 is 9.47 Å². The molecule has 37 heavy (non-hydrogen) atoms. The molecule has 0 N–H and O–H groups in total. The molecule has 1 aliphatic rings. The van der Waals surface area contributed by atoms with Crippen molar-refractivity contribution in [3.63, 3.8) is 0 Å². The first-order valence-corrected chi connectivity index (χ1v) is 14.6. The van der Waals surface area contributed by atoms with Crippen molar-refractivity contribution in [2.24, 2.45) is 5.92 Å². The minimum atomic E-state index is 0.565. The van der Waals surface area contributed by atoms with Gasteiger partial charge in [0.05, 0.1) is 44.0 Å². The maximum atomic E-state index is 5.78. The second kappa shape index (κ2) is 14.1. The fraction of sp³-hybridized carbons (Fsp3) is 0.483. The quantitative estimate of drug-likeness (QED) is 0.245. The molecule has 1 saturated carbocycles. The number of benzene rings is 1. The van der Waals surface area contributed by atoms with Crippen molar-refractivity contribution in [1.29, 1.82) is 0 Å². The number of anilines is 2. The number of methoxy groups -OCH3 is 1. The standard InChI is InChI=1S/C29H39N5O2S/c1-4-33(20-23-12-8-9-13-23)27-14-15-28(35-2)32-26(27)22-34(21-24-10-6-5-7-11-24)29-30-18-25(19-31-29)36-16-17-37-3/h5-7,10-11,14-15,18-19,23H,4,8-9,12-13,16-17,20-22H2,1-3H3. The molecule has 0 spiro atoms. The number of pyridine rings is 1. The number of ether oxygens (including phenoxy) is 2. The summed E-state index contributed by atoms with van der Waals surface area (Å²) in [5.74, 6) is 3.63. The molecule has 0 aliphatic heterocycles. The number of thioether (sulfide) groups is 1. The van der Waals surface area contributed by atoms with Gasteiger partial charge in [-0.3, -0.25) is 0 Å². The van der Waals surface area contributed by atoms with Crippen LogP contribution in [0.25, 0.3) is 0 Å². The van der Waals surface area contributed by atoms with Crippen molar-refractivity contribution >= 4 is 23.4 Å². The number of hydrogen-bond acceptors (Lipinski definition) is 8. The monoisotopic (exact) mass is 521 g/mol. The Morgan fingerprint density at radius 3 is 2.41 bits per heavy atom. The molecule has 7 nitrogen and oxygen atoms in total. The van der Waals surface area contributed by atoms with E-state index in [1.165, 1.54) is 31.2 Å². The van der Waals surface area contributed by atoms with Gasteiger partial charge in [-0.1, -0.05) is 43.2 Å². The molecule has 1 fully saturated rings. The molecule has 0 bridgehead atoms. The Balaban J connectivity index is 1.62. The fourth-order valence-corrected chi connectivity index (χ4v) is 5.12. The molecule has 3 aromatic rings. The fourth-order valence-electron chi connectivity index (χ4n) is 4.87. The zero-order chi connectivity index (χ0) is 25.9. The van der Waals surface area contributed by atoms with E-state index in [2.05, 4.69) is 63.3 Å². The van der Waals surface area contributed by atoms with E-state index in [0.29, 0.717) is 37.3 Å².